The van der Waals surface area contributed by atoms with Crippen LogP contribution in [-0.2, 0) is 0 Å². The Morgan fingerprint density at radius 2 is 2.19 bits per heavy atom. The molecule has 0 aliphatic heterocycles. The zero-order valence-corrected chi connectivity index (χ0v) is 10.5. The standard InChI is InChI=1S/C11H16ClN3O/c1-4-15(7-8(2)3)11(16)9-5-13-6-10(12)14-9/h5-6,8H,4,7H2,1-3H3. The molecule has 0 unspecified atom stereocenters. The van der Waals surface area contributed by atoms with E-state index in [0.717, 1.165) is 0 Å². The topological polar surface area (TPSA) is 46.1 Å². The summed E-state index contributed by atoms with van der Waals surface area (Å²) in [5.74, 6) is 0.308. The lowest BCUT2D eigenvalue weighted by Gasteiger charge is -2.22. The summed E-state index contributed by atoms with van der Waals surface area (Å²) in [5, 5.41) is 0.242. The molecule has 1 rings (SSSR count). The van der Waals surface area contributed by atoms with Gasteiger partial charge in [-0.1, -0.05) is 25.4 Å². The fourth-order valence-electron chi connectivity index (χ4n) is 1.40. The number of amides is 1. The van der Waals surface area contributed by atoms with Gasteiger partial charge in [0.25, 0.3) is 5.91 Å². The van der Waals surface area contributed by atoms with Gasteiger partial charge in [-0.2, -0.15) is 0 Å². The normalized spacial score (nSPS) is 10.6. The van der Waals surface area contributed by atoms with Gasteiger partial charge in [-0.05, 0) is 12.8 Å². The molecule has 1 aromatic rings. The Kier molecular flexibility index (Phi) is 4.68. The van der Waals surface area contributed by atoms with Gasteiger partial charge in [0.05, 0.1) is 12.4 Å². The second-order valence-corrected chi connectivity index (χ2v) is 4.35. The lowest BCUT2D eigenvalue weighted by atomic mass is 10.2. The van der Waals surface area contributed by atoms with Crippen LogP contribution in [0.4, 0.5) is 0 Å². The molecule has 0 aromatic carbocycles. The van der Waals surface area contributed by atoms with E-state index < -0.39 is 0 Å². The smallest absolute Gasteiger partial charge is 0.274 e. The van der Waals surface area contributed by atoms with Crippen molar-refractivity contribution < 1.29 is 4.79 Å². The predicted octanol–water partition coefficient (Wildman–Crippen LogP) is 2.25. The van der Waals surface area contributed by atoms with Gasteiger partial charge < -0.3 is 4.90 Å². The molecule has 1 heterocycles. The van der Waals surface area contributed by atoms with Crippen molar-refractivity contribution in [1.29, 1.82) is 0 Å². The fourth-order valence-corrected chi connectivity index (χ4v) is 1.55. The summed E-state index contributed by atoms with van der Waals surface area (Å²) >= 11 is 5.70. The summed E-state index contributed by atoms with van der Waals surface area (Å²) in [6, 6.07) is 0. The molecule has 0 radical (unpaired) electrons. The largest absolute Gasteiger partial charge is 0.337 e. The van der Waals surface area contributed by atoms with Crippen LogP contribution in [0.15, 0.2) is 12.4 Å². The van der Waals surface area contributed by atoms with Gasteiger partial charge in [0, 0.05) is 13.1 Å². The van der Waals surface area contributed by atoms with Crippen LogP contribution in [0.2, 0.25) is 5.15 Å². The minimum Gasteiger partial charge on any atom is -0.337 e. The fraction of sp³-hybridized carbons (Fsp3) is 0.545. The number of carbonyl (C=O) groups excluding carboxylic acids is 1. The Labute approximate surface area is 101 Å². The van der Waals surface area contributed by atoms with Crippen molar-refractivity contribution in [2.24, 2.45) is 5.92 Å². The van der Waals surface area contributed by atoms with Gasteiger partial charge in [0.1, 0.15) is 10.8 Å². The number of rotatable bonds is 4. The highest BCUT2D eigenvalue weighted by molar-refractivity contribution is 6.29. The minimum atomic E-state index is -0.119. The number of aromatic nitrogens is 2. The van der Waals surface area contributed by atoms with E-state index in [1.165, 1.54) is 12.4 Å². The maximum atomic E-state index is 12.0. The van der Waals surface area contributed by atoms with Crippen LogP contribution in [0, 0.1) is 5.92 Å². The predicted molar refractivity (Wildman–Crippen MR) is 63.5 cm³/mol. The molecule has 0 saturated carbocycles. The van der Waals surface area contributed by atoms with Crippen LogP contribution in [0.5, 0.6) is 0 Å². The summed E-state index contributed by atoms with van der Waals surface area (Å²) in [6.45, 7) is 7.45. The summed E-state index contributed by atoms with van der Waals surface area (Å²) < 4.78 is 0. The first-order valence-corrected chi connectivity index (χ1v) is 5.69. The van der Waals surface area contributed by atoms with Gasteiger partial charge in [-0.3, -0.25) is 9.78 Å². The first-order valence-electron chi connectivity index (χ1n) is 5.31. The van der Waals surface area contributed by atoms with E-state index >= 15 is 0 Å². The molecule has 0 bridgehead atoms. The quantitative estimate of drug-likeness (QED) is 0.812. The summed E-state index contributed by atoms with van der Waals surface area (Å²) in [5.41, 5.74) is 0.301. The zero-order valence-electron chi connectivity index (χ0n) is 9.77. The molecule has 0 aliphatic rings. The molecule has 0 N–H and O–H groups in total. The SMILES string of the molecule is CCN(CC(C)C)C(=O)c1cncc(Cl)n1. The van der Waals surface area contributed by atoms with E-state index in [9.17, 15) is 4.79 Å². The Bertz CT molecular complexity index is 368. The molecule has 1 aromatic heterocycles. The monoisotopic (exact) mass is 241 g/mol. The molecular formula is C11H16ClN3O. The lowest BCUT2D eigenvalue weighted by molar-refractivity contribution is 0.0739. The van der Waals surface area contributed by atoms with Gasteiger partial charge in [0.2, 0.25) is 0 Å². The van der Waals surface area contributed by atoms with Gasteiger partial charge in [0.15, 0.2) is 0 Å². The highest BCUT2D eigenvalue weighted by Crippen LogP contribution is 2.07. The van der Waals surface area contributed by atoms with Crippen molar-refractivity contribution in [2.45, 2.75) is 20.8 Å². The van der Waals surface area contributed by atoms with Crippen molar-refractivity contribution in [2.75, 3.05) is 13.1 Å². The maximum absolute atomic E-state index is 12.0. The number of hydrogen-bond donors (Lipinski definition) is 0. The van der Waals surface area contributed by atoms with Gasteiger partial charge >= 0.3 is 0 Å². The van der Waals surface area contributed by atoms with Crippen LogP contribution in [-0.4, -0.2) is 33.9 Å². The second-order valence-electron chi connectivity index (χ2n) is 3.96. The van der Waals surface area contributed by atoms with Crippen molar-refractivity contribution in [3.8, 4) is 0 Å². The molecule has 5 heteroatoms. The molecule has 1 amide bonds. The van der Waals surface area contributed by atoms with Crippen LogP contribution < -0.4 is 0 Å². The third kappa shape index (κ3) is 3.45. The third-order valence-electron chi connectivity index (χ3n) is 2.08. The van der Waals surface area contributed by atoms with E-state index in [-0.39, 0.29) is 11.1 Å². The van der Waals surface area contributed by atoms with E-state index in [0.29, 0.717) is 24.7 Å². The summed E-state index contributed by atoms with van der Waals surface area (Å²) in [7, 11) is 0. The van der Waals surface area contributed by atoms with E-state index in [1.807, 2.05) is 6.92 Å². The van der Waals surface area contributed by atoms with E-state index in [4.69, 9.17) is 11.6 Å². The zero-order chi connectivity index (χ0) is 12.1. The van der Waals surface area contributed by atoms with Crippen molar-refractivity contribution >= 4 is 17.5 Å². The second kappa shape index (κ2) is 5.80. The molecule has 88 valence electrons. The molecule has 16 heavy (non-hydrogen) atoms. The van der Waals surface area contributed by atoms with E-state index in [1.54, 1.807) is 4.90 Å². The van der Waals surface area contributed by atoms with Crippen molar-refractivity contribution in [1.82, 2.24) is 14.9 Å². The lowest BCUT2D eigenvalue weighted by Crippen LogP contribution is -2.34. The number of halogens is 1. The first-order chi connectivity index (χ1) is 7.54. The number of nitrogens with zero attached hydrogens (tertiary/aromatic N) is 3. The number of carbonyl (C=O) groups is 1. The Morgan fingerprint density at radius 1 is 1.50 bits per heavy atom. The Hall–Kier alpha value is -1.16. The number of hydrogen-bond acceptors (Lipinski definition) is 3. The van der Waals surface area contributed by atoms with E-state index in [2.05, 4.69) is 23.8 Å². The molecule has 0 fully saturated rings. The highest BCUT2D eigenvalue weighted by atomic mass is 35.5. The van der Waals surface area contributed by atoms with Crippen LogP contribution in [0.3, 0.4) is 0 Å². The van der Waals surface area contributed by atoms with Gasteiger partial charge in [-0.15, -0.1) is 0 Å². The van der Waals surface area contributed by atoms with Crippen molar-refractivity contribution in [3.63, 3.8) is 0 Å². The average Bonchev–Trinajstić information content (AvgIpc) is 2.24. The Morgan fingerprint density at radius 3 is 2.69 bits per heavy atom. The maximum Gasteiger partial charge on any atom is 0.274 e. The summed E-state index contributed by atoms with van der Waals surface area (Å²) in [6.07, 6.45) is 2.86. The third-order valence-corrected chi connectivity index (χ3v) is 2.26. The first kappa shape index (κ1) is 12.9. The molecule has 4 nitrogen and oxygen atoms in total. The summed E-state index contributed by atoms with van der Waals surface area (Å²) in [4.78, 5) is 21.6. The van der Waals surface area contributed by atoms with Crippen LogP contribution >= 0.6 is 11.6 Å². The Balaban J connectivity index is 2.82. The minimum absolute atomic E-state index is 0.119. The highest BCUT2D eigenvalue weighted by Gasteiger charge is 2.16. The molecular weight excluding hydrogens is 226 g/mol. The molecule has 0 spiro atoms. The molecule has 0 saturated heterocycles. The molecule has 0 aliphatic carbocycles. The van der Waals surface area contributed by atoms with Crippen molar-refractivity contribution in [3.05, 3.63) is 23.2 Å². The van der Waals surface area contributed by atoms with Gasteiger partial charge in [-0.25, -0.2) is 4.98 Å². The molecule has 0 atom stereocenters. The van der Waals surface area contributed by atoms with Crippen LogP contribution in [0.1, 0.15) is 31.3 Å². The van der Waals surface area contributed by atoms with Crippen LogP contribution in [0.25, 0.3) is 0 Å². The average molecular weight is 242 g/mol.